The van der Waals surface area contributed by atoms with Gasteiger partial charge in [0.25, 0.3) is 0 Å². The number of guanidine groups is 3. The number of carbonyl (C=O) groups is 14. The number of benzene rings is 2. The zero-order chi connectivity index (χ0) is 81.8. The van der Waals surface area contributed by atoms with Gasteiger partial charge in [0.1, 0.15) is 66.2 Å². The number of carboxylic acid groups (broad SMARTS) is 1. The first-order valence-corrected chi connectivity index (χ1v) is 36.6. The van der Waals surface area contributed by atoms with Gasteiger partial charge in [-0.3, -0.25) is 82.1 Å². The summed E-state index contributed by atoms with van der Waals surface area (Å²) in [5.74, 6) is -17.8. The van der Waals surface area contributed by atoms with Gasteiger partial charge >= 0.3 is 12.1 Å². The van der Waals surface area contributed by atoms with E-state index in [0.29, 0.717) is 5.56 Å². The maximum Gasteiger partial charge on any atom is 0.416 e. The summed E-state index contributed by atoms with van der Waals surface area (Å²) in [5, 5.41) is 47.0. The van der Waals surface area contributed by atoms with Crippen molar-refractivity contribution in [2.75, 3.05) is 57.3 Å². The number of carboxylic acids is 1. The van der Waals surface area contributed by atoms with E-state index in [1.54, 1.807) is 13.8 Å². The Morgan fingerprint density at radius 3 is 1.56 bits per heavy atom. The van der Waals surface area contributed by atoms with E-state index in [0.717, 1.165) is 34.9 Å². The van der Waals surface area contributed by atoms with Crippen molar-refractivity contribution in [1.29, 1.82) is 0 Å². The summed E-state index contributed by atoms with van der Waals surface area (Å²) >= 11 is 0.762. The molecule has 2 fully saturated rings. The molecule has 39 nitrogen and oxygen atoms in total. The number of thioether (sulfide) groups is 1. The van der Waals surface area contributed by atoms with E-state index in [4.69, 9.17) is 45.9 Å². The van der Waals surface area contributed by atoms with E-state index in [1.165, 1.54) is 30.3 Å². The summed E-state index contributed by atoms with van der Waals surface area (Å²) in [6, 6.07) is -7.04. The van der Waals surface area contributed by atoms with Crippen LogP contribution in [0.1, 0.15) is 114 Å². The second-order valence-electron chi connectivity index (χ2n) is 26.4. The minimum atomic E-state index is -5.04. The van der Waals surface area contributed by atoms with Crippen LogP contribution in [0.25, 0.3) is 0 Å². The molecule has 2 aromatic rings. The molecule has 43 heteroatoms. The van der Waals surface area contributed by atoms with E-state index < -0.39 is 198 Å². The number of phenolic OH excluding ortho intramolecular Hbond substituents is 1. The van der Waals surface area contributed by atoms with Crippen molar-refractivity contribution in [3.05, 3.63) is 65.2 Å². The van der Waals surface area contributed by atoms with Crippen molar-refractivity contribution in [2.24, 2.45) is 66.8 Å². The van der Waals surface area contributed by atoms with Crippen LogP contribution in [0.3, 0.4) is 0 Å². The number of aliphatic imine (C=N–C) groups is 3. The van der Waals surface area contributed by atoms with Gasteiger partial charge in [-0.25, -0.2) is 0 Å². The van der Waals surface area contributed by atoms with E-state index in [2.05, 4.69) is 73.5 Å². The topological polar surface area (TPSA) is 660 Å². The first-order valence-electron chi connectivity index (χ1n) is 35.4. The predicted molar refractivity (Wildman–Crippen MR) is 396 cm³/mol. The fraction of sp³-hybridized carbons (Fsp3) is 0.567. The number of amides is 13. The molecule has 110 heavy (non-hydrogen) atoms. The van der Waals surface area contributed by atoms with Gasteiger partial charge in [-0.05, 0) is 119 Å². The third kappa shape index (κ3) is 33.1. The molecular formula is C67H102F3N23O16S. The first kappa shape index (κ1) is 91.1. The lowest BCUT2D eigenvalue weighted by Crippen LogP contribution is -2.61. The third-order valence-corrected chi connectivity index (χ3v) is 18.0. The summed E-state index contributed by atoms with van der Waals surface area (Å²) < 4.78 is 44.6. The highest BCUT2D eigenvalue weighted by molar-refractivity contribution is 8.00. The summed E-state index contributed by atoms with van der Waals surface area (Å²) in [6.07, 6.45) is -8.36. The maximum absolute atomic E-state index is 15.1. The Bertz CT molecular complexity index is 3620. The van der Waals surface area contributed by atoms with Crippen LogP contribution in [0.5, 0.6) is 5.75 Å². The number of nitrogens with one attached hydrogen (secondary N) is 11. The average Bonchev–Trinajstić information content (AvgIpc) is 1.44. The van der Waals surface area contributed by atoms with E-state index in [1.807, 2.05) is 0 Å². The van der Waals surface area contributed by atoms with Gasteiger partial charge in [0.05, 0.1) is 30.8 Å². The predicted octanol–water partition coefficient (Wildman–Crippen LogP) is -6.17. The Morgan fingerprint density at radius 2 is 1.02 bits per heavy atom. The van der Waals surface area contributed by atoms with Crippen molar-refractivity contribution >= 4 is 112 Å². The SMILES string of the molecule is CC(C)C[C@@H]1NC(=O)[C@H](Cc2ccc(O)cc2)NC(=O)CSC[C@@H](C(N)=O)NC(=O)CNC(=O)CNC(=O)[C@H](CCCN=C(N)N)NC(=O)[C@H](CC(=O)O)NC(=O)[C@H](CCCCN)NC(=O)[C@@H]2CCCN2C(=O)[C@H](CCCN=C(N)N)NC(=O)[C@H](Cc2ccccc2C(F)(F)F)NC(=O)[C@H](CCCN=C(N)N)NC1=O. The number of unbranched alkanes of at least 4 members (excludes halogenated alkanes) is 1. The van der Waals surface area contributed by atoms with E-state index >= 15 is 14.4 Å². The van der Waals surface area contributed by atoms with Gasteiger partial charge in [-0.2, -0.15) is 13.2 Å². The number of alkyl halides is 3. The number of nitrogens with zero attached hydrogens (tertiary/aromatic N) is 4. The number of aliphatic carboxylic acids is 1. The molecule has 4 rings (SSSR count). The fourth-order valence-corrected chi connectivity index (χ4v) is 12.4. The van der Waals surface area contributed by atoms with Gasteiger partial charge < -0.3 is 119 Å². The molecule has 2 saturated heterocycles. The fourth-order valence-electron chi connectivity index (χ4n) is 11.5. The molecule has 29 N–H and O–H groups in total. The van der Waals surface area contributed by atoms with Crippen LogP contribution >= 0.6 is 11.8 Å². The highest BCUT2D eigenvalue weighted by atomic mass is 32.2. The Hall–Kier alpha value is -11.3. The molecule has 13 amide bonds. The molecule has 0 spiro atoms. The van der Waals surface area contributed by atoms with Crippen molar-refractivity contribution < 1.29 is 90.5 Å². The lowest BCUT2D eigenvalue weighted by molar-refractivity contribution is -0.143. The normalized spacial score (nSPS) is 22.8. The standard InChI is InChI=1S/C67H102F3N23O16S/c1-35(2)27-44-58(104)87-42(15-8-24-80-65(75)76)57(103)91-46(29-37-11-3-4-12-39(37)67(68,69)70)60(106)89-43(16-9-25-81-66(77)78)63(109)93-26-10-17-49(93)62(108)88-41(13-5-6-22-71)56(102)92-47(30-53(98)99)61(107)86-40(14-7-23-79-64(73)74)55(101)83-31-50(95)82-32-51(96)85-48(54(72)100)33-110-34-52(97)84-45(59(105)90-44)28-36-18-20-38(94)21-19-36/h3-4,11-12,18-21,35,40-49,94H,5-10,13-17,22-34,71H2,1-2H3,(H2,72,100)(H,82,95)(H,83,101)(H,84,97)(H,85,96)(H,86,107)(H,87,104)(H,88,108)(H,89,106)(H,90,105)(H,91,103)(H,92,102)(H,98,99)(H4,73,74,79)(H4,75,76,80)(H4,77,78,81)/t40-,41-,42-,43-,44-,45-,46-,47-,48-,49-/m0/s1. The van der Waals surface area contributed by atoms with Crippen molar-refractivity contribution in [3.63, 3.8) is 0 Å². The number of hydrogen-bond acceptors (Lipinski definition) is 20. The Morgan fingerprint density at radius 1 is 0.545 bits per heavy atom. The van der Waals surface area contributed by atoms with Gasteiger partial charge in [0.15, 0.2) is 17.9 Å². The van der Waals surface area contributed by atoms with Crippen LogP contribution < -0.4 is 104 Å². The molecule has 0 aliphatic carbocycles. The number of carbonyl (C=O) groups excluding carboxylic acids is 13. The molecule has 0 bridgehead atoms. The van der Waals surface area contributed by atoms with Crippen LogP contribution in [-0.4, -0.2) is 233 Å². The number of fused-ring (bicyclic) bond motifs is 1. The smallest absolute Gasteiger partial charge is 0.416 e. The third-order valence-electron chi connectivity index (χ3n) is 17.0. The molecule has 0 unspecified atom stereocenters. The molecule has 0 saturated carbocycles. The lowest BCUT2D eigenvalue weighted by Gasteiger charge is -2.31. The van der Waals surface area contributed by atoms with Crippen molar-refractivity contribution in [2.45, 2.75) is 177 Å². The summed E-state index contributed by atoms with van der Waals surface area (Å²) in [4.78, 5) is 210. The maximum atomic E-state index is 15.1. The largest absolute Gasteiger partial charge is 0.508 e. The zero-order valence-corrected chi connectivity index (χ0v) is 61.8. The number of halogens is 3. The highest BCUT2D eigenvalue weighted by Gasteiger charge is 2.42. The lowest BCUT2D eigenvalue weighted by atomic mass is 9.97. The summed E-state index contributed by atoms with van der Waals surface area (Å²) in [7, 11) is 0. The monoisotopic (exact) mass is 1570 g/mol. The van der Waals surface area contributed by atoms with E-state index in [9.17, 15) is 76.1 Å². The number of primary amides is 1. The quantitative estimate of drug-likeness (QED) is 0.0250. The number of rotatable bonds is 25. The summed E-state index contributed by atoms with van der Waals surface area (Å²) in [5.41, 5.74) is 43.4. The van der Waals surface area contributed by atoms with Crippen molar-refractivity contribution in [3.8, 4) is 5.75 Å². The van der Waals surface area contributed by atoms with Crippen LogP contribution in [0.2, 0.25) is 0 Å². The molecule has 2 aliphatic rings. The second-order valence-corrected chi connectivity index (χ2v) is 27.4. The van der Waals surface area contributed by atoms with Crippen LogP contribution in [0.4, 0.5) is 13.2 Å². The van der Waals surface area contributed by atoms with Crippen LogP contribution in [0, 0.1) is 5.92 Å². The van der Waals surface area contributed by atoms with Crippen LogP contribution in [0.15, 0.2) is 63.5 Å². The Kier molecular flexibility index (Phi) is 38.2. The van der Waals surface area contributed by atoms with Gasteiger partial charge in [-0.15, -0.1) is 11.8 Å². The number of aromatic hydroxyl groups is 1. The second kappa shape index (κ2) is 46.2. The van der Waals surface area contributed by atoms with Crippen LogP contribution in [-0.2, 0) is 86.1 Å². The van der Waals surface area contributed by atoms with Gasteiger partial charge in [0.2, 0.25) is 76.8 Å². The molecule has 0 aromatic heterocycles. The molecule has 2 aromatic carbocycles. The highest BCUT2D eigenvalue weighted by Crippen LogP contribution is 2.33. The molecule has 10 atom stereocenters. The van der Waals surface area contributed by atoms with E-state index in [-0.39, 0.29) is 146 Å². The molecule has 0 radical (unpaired) electrons. The summed E-state index contributed by atoms with van der Waals surface area (Å²) in [6.45, 7) is 1.21. The Labute approximate surface area is 635 Å². The number of hydrogen-bond donors (Lipinski definition) is 21. The average molecular weight is 1570 g/mol. The minimum absolute atomic E-state index is 0.0216. The van der Waals surface area contributed by atoms with Gasteiger partial charge in [-0.1, -0.05) is 44.2 Å². The minimum Gasteiger partial charge on any atom is -0.508 e. The van der Waals surface area contributed by atoms with Crippen molar-refractivity contribution in [1.82, 2.24) is 63.4 Å². The first-order chi connectivity index (χ1) is 52.0. The molecule has 2 aliphatic heterocycles. The number of nitrogens with two attached hydrogens (primary N) is 8. The Balaban J connectivity index is 1.91. The number of phenols is 1. The molecular weight excluding hydrogens is 1470 g/mol. The van der Waals surface area contributed by atoms with Gasteiger partial charge in [0, 0.05) is 44.8 Å². The molecule has 2 heterocycles. The zero-order valence-electron chi connectivity index (χ0n) is 61.0. The molecule has 608 valence electrons.